The molecule has 0 aliphatic carbocycles. The van der Waals surface area contributed by atoms with E-state index in [-0.39, 0.29) is 0 Å². The Kier molecular flexibility index (Phi) is 2.89. The van der Waals surface area contributed by atoms with Crippen molar-refractivity contribution in [1.29, 1.82) is 0 Å². The number of hydrazone groups is 1. The Morgan fingerprint density at radius 3 is 2.50 bits per heavy atom. The van der Waals surface area contributed by atoms with Gasteiger partial charge in [-0.25, -0.2) is 14.6 Å². The van der Waals surface area contributed by atoms with Gasteiger partial charge in [-0.2, -0.15) is 5.10 Å². The highest BCUT2D eigenvalue weighted by Crippen LogP contribution is 1.78. The van der Waals surface area contributed by atoms with E-state index in [0.717, 1.165) is 0 Å². The van der Waals surface area contributed by atoms with Gasteiger partial charge in [-0.1, -0.05) is 0 Å². The lowest BCUT2D eigenvalue weighted by Crippen LogP contribution is -2.27. The summed E-state index contributed by atoms with van der Waals surface area (Å²) in [5.41, 5.74) is 4.70. The number of primary amides is 1. The normalized spacial score (nSPS) is 9.70. The number of amides is 2. The molecule has 10 heavy (non-hydrogen) atoms. The molecule has 6 nitrogen and oxygen atoms in total. The Balaban J connectivity index is 3.89. The molecule has 0 atom stereocenters. The number of nitrogens with two attached hydrogens (primary N) is 1. The van der Waals surface area contributed by atoms with Gasteiger partial charge in [0.05, 0.1) is 0 Å². The number of rotatable bonds is 2. The summed E-state index contributed by atoms with van der Waals surface area (Å²) in [6.07, 6.45) is 0.574. The highest BCUT2D eigenvalue weighted by Gasteiger charge is 1.98. The second kappa shape index (κ2) is 3.44. The van der Waals surface area contributed by atoms with Crippen LogP contribution in [0, 0.1) is 0 Å². The second-order valence-electron chi connectivity index (χ2n) is 1.44. The van der Waals surface area contributed by atoms with Crippen molar-refractivity contribution in [2.45, 2.75) is 0 Å². The molecule has 0 heterocycles. The molecule has 0 saturated carbocycles. The molecule has 0 rings (SSSR count). The van der Waals surface area contributed by atoms with Gasteiger partial charge in [0.15, 0.2) is 0 Å². The van der Waals surface area contributed by atoms with E-state index in [1.54, 1.807) is 0 Å². The van der Waals surface area contributed by atoms with Crippen molar-refractivity contribution in [2.75, 3.05) is 7.05 Å². The van der Waals surface area contributed by atoms with Gasteiger partial charge in [0, 0.05) is 7.05 Å². The quantitative estimate of drug-likeness (QED) is 0.388. The summed E-state index contributed by atoms with van der Waals surface area (Å²) in [5, 5.41) is 11.9. The molecule has 3 N–H and O–H groups in total. The van der Waals surface area contributed by atoms with Crippen molar-refractivity contribution in [2.24, 2.45) is 10.8 Å². The maximum absolute atomic E-state index is 10.2. The maximum atomic E-state index is 10.2. The van der Waals surface area contributed by atoms with Gasteiger partial charge in [-0.3, -0.25) is 0 Å². The van der Waals surface area contributed by atoms with Gasteiger partial charge in [-0.15, -0.1) is 0 Å². The van der Waals surface area contributed by atoms with Crippen LogP contribution in [0.5, 0.6) is 0 Å². The summed E-state index contributed by atoms with van der Waals surface area (Å²) in [5.74, 6) is -1.23. The van der Waals surface area contributed by atoms with Gasteiger partial charge < -0.3 is 10.8 Å². The van der Waals surface area contributed by atoms with E-state index in [1.807, 2.05) is 0 Å². The Bertz CT molecular complexity index is 177. The maximum Gasteiger partial charge on any atom is 0.348 e. The number of nitrogens with zero attached hydrogens (tertiary/aromatic N) is 2. The zero-order valence-corrected chi connectivity index (χ0v) is 5.31. The third kappa shape index (κ3) is 3.42. The van der Waals surface area contributed by atoms with Crippen LogP contribution in [-0.4, -0.2) is 35.4 Å². The molecule has 0 unspecified atom stereocenters. The minimum absolute atomic E-state index is 0.574. The molecule has 0 fully saturated rings. The fourth-order valence-corrected chi connectivity index (χ4v) is 0.193. The van der Waals surface area contributed by atoms with Crippen molar-refractivity contribution in [1.82, 2.24) is 5.01 Å². The van der Waals surface area contributed by atoms with E-state index < -0.39 is 12.0 Å². The van der Waals surface area contributed by atoms with Crippen molar-refractivity contribution in [3.63, 3.8) is 0 Å². The van der Waals surface area contributed by atoms with E-state index in [0.29, 0.717) is 11.2 Å². The van der Waals surface area contributed by atoms with Gasteiger partial charge >= 0.3 is 12.0 Å². The SMILES string of the molecule is CN(/N=C/C(=O)O)C(N)=O. The average molecular weight is 145 g/mol. The summed E-state index contributed by atoms with van der Waals surface area (Å²) < 4.78 is 0. The zero-order chi connectivity index (χ0) is 8.15. The molecule has 0 aromatic rings. The molecule has 0 saturated heterocycles. The first-order chi connectivity index (χ1) is 4.54. The molecule has 0 aliphatic rings. The number of hydrogen-bond acceptors (Lipinski definition) is 3. The third-order valence-corrected chi connectivity index (χ3v) is 0.660. The Morgan fingerprint density at radius 2 is 2.20 bits per heavy atom. The minimum atomic E-state index is -1.23. The molecule has 0 aromatic carbocycles. The zero-order valence-electron chi connectivity index (χ0n) is 5.31. The molecule has 0 spiro atoms. The molecule has 0 radical (unpaired) electrons. The summed E-state index contributed by atoms with van der Waals surface area (Å²) in [7, 11) is 1.25. The smallest absolute Gasteiger partial charge is 0.348 e. The van der Waals surface area contributed by atoms with Crippen molar-refractivity contribution in [3.05, 3.63) is 0 Å². The number of urea groups is 1. The van der Waals surface area contributed by atoms with Gasteiger partial charge in [-0.05, 0) is 0 Å². The largest absolute Gasteiger partial charge is 0.477 e. The molecular weight excluding hydrogens is 138 g/mol. The van der Waals surface area contributed by atoms with Crippen molar-refractivity contribution in [3.8, 4) is 0 Å². The monoisotopic (exact) mass is 145 g/mol. The molecular formula is C4H7N3O3. The average Bonchev–Trinajstić information content (AvgIpc) is 1.82. The predicted molar refractivity (Wildman–Crippen MR) is 33.5 cm³/mol. The predicted octanol–water partition coefficient (Wildman–Crippen LogP) is -0.933. The van der Waals surface area contributed by atoms with Crippen LogP contribution in [0.15, 0.2) is 5.10 Å². The summed E-state index contributed by atoms with van der Waals surface area (Å²) >= 11 is 0. The van der Waals surface area contributed by atoms with E-state index in [9.17, 15) is 9.59 Å². The Labute approximate surface area is 56.9 Å². The molecule has 0 aliphatic heterocycles. The van der Waals surface area contributed by atoms with Crippen LogP contribution in [0.4, 0.5) is 4.79 Å². The highest BCUT2D eigenvalue weighted by atomic mass is 16.4. The van der Waals surface area contributed by atoms with Crippen LogP contribution < -0.4 is 5.73 Å². The Morgan fingerprint density at radius 1 is 1.70 bits per heavy atom. The minimum Gasteiger partial charge on any atom is -0.477 e. The lowest BCUT2D eigenvalue weighted by molar-refractivity contribution is -0.128. The topological polar surface area (TPSA) is 96.0 Å². The molecule has 0 bridgehead atoms. The standard InChI is InChI=1S/C4H7N3O3/c1-7(4(5)10)6-2-3(8)9/h2H,1H3,(H2,5,10)(H,8,9)/b6-2+. The van der Waals surface area contributed by atoms with Gasteiger partial charge in [0.2, 0.25) is 0 Å². The number of carbonyl (C=O) groups is 2. The second-order valence-corrected chi connectivity index (χ2v) is 1.44. The van der Waals surface area contributed by atoms with Crippen LogP contribution in [0.3, 0.4) is 0 Å². The first-order valence-corrected chi connectivity index (χ1v) is 2.34. The number of aliphatic carboxylic acids is 1. The first-order valence-electron chi connectivity index (χ1n) is 2.34. The molecule has 56 valence electrons. The van der Waals surface area contributed by atoms with Crippen LogP contribution in [0.1, 0.15) is 0 Å². The van der Waals surface area contributed by atoms with Crippen LogP contribution in [-0.2, 0) is 4.79 Å². The van der Waals surface area contributed by atoms with E-state index >= 15 is 0 Å². The van der Waals surface area contributed by atoms with Crippen molar-refractivity contribution < 1.29 is 14.7 Å². The van der Waals surface area contributed by atoms with Gasteiger partial charge in [0.1, 0.15) is 6.21 Å². The third-order valence-electron chi connectivity index (χ3n) is 0.660. The van der Waals surface area contributed by atoms with E-state index in [1.165, 1.54) is 7.05 Å². The number of carboxylic acids is 1. The summed E-state index contributed by atoms with van der Waals surface area (Å²) in [4.78, 5) is 20.0. The first kappa shape index (κ1) is 8.41. The van der Waals surface area contributed by atoms with Crippen molar-refractivity contribution >= 4 is 18.2 Å². The lowest BCUT2D eigenvalue weighted by Gasteiger charge is -2.03. The number of carbonyl (C=O) groups excluding carboxylic acids is 1. The Hall–Kier alpha value is -1.59. The summed E-state index contributed by atoms with van der Waals surface area (Å²) in [6.45, 7) is 0. The fraction of sp³-hybridized carbons (Fsp3) is 0.250. The van der Waals surface area contributed by atoms with Crippen LogP contribution in [0.2, 0.25) is 0 Å². The lowest BCUT2D eigenvalue weighted by atomic mass is 10.8. The molecule has 6 heteroatoms. The van der Waals surface area contributed by atoms with Gasteiger partial charge in [0.25, 0.3) is 0 Å². The van der Waals surface area contributed by atoms with Crippen LogP contribution in [0.25, 0.3) is 0 Å². The fourth-order valence-electron chi connectivity index (χ4n) is 0.193. The van der Waals surface area contributed by atoms with E-state index in [2.05, 4.69) is 5.10 Å². The molecule has 2 amide bonds. The number of hydrogen-bond donors (Lipinski definition) is 2. The number of carboxylic acid groups (broad SMARTS) is 1. The highest BCUT2D eigenvalue weighted by molar-refractivity contribution is 6.22. The van der Waals surface area contributed by atoms with Crippen LogP contribution >= 0.6 is 0 Å². The van der Waals surface area contributed by atoms with E-state index in [4.69, 9.17) is 10.8 Å². The summed E-state index contributed by atoms with van der Waals surface area (Å²) in [6, 6.07) is -0.808. The molecule has 0 aromatic heterocycles.